The van der Waals surface area contributed by atoms with Crippen LogP contribution in [0.2, 0.25) is 0 Å². The standard InChI is InChI=1S/C18H32N4O3/c1-4-7-16-20-18(25-21-16)14(3)22-11-8-15(9-12-22)17(23)19-10-6-13-24-5-2/h14-15H,4-13H2,1-3H3,(H,19,23). The summed E-state index contributed by atoms with van der Waals surface area (Å²) in [5.74, 6) is 1.74. The van der Waals surface area contributed by atoms with Gasteiger partial charge in [0, 0.05) is 32.1 Å². The van der Waals surface area contributed by atoms with Crippen molar-refractivity contribution in [2.45, 2.75) is 58.9 Å². The van der Waals surface area contributed by atoms with Gasteiger partial charge in [0.05, 0.1) is 6.04 Å². The highest BCUT2D eigenvalue weighted by Gasteiger charge is 2.29. The van der Waals surface area contributed by atoms with E-state index in [1.165, 1.54) is 0 Å². The molecule has 0 radical (unpaired) electrons. The molecule has 1 atom stereocenters. The van der Waals surface area contributed by atoms with Gasteiger partial charge in [-0.05, 0) is 52.6 Å². The number of hydrogen-bond acceptors (Lipinski definition) is 6. The fraction of sp³-hybridized carbons (Fsp3) is 0.833. The normalized spacial score (nSPS) is 17.6. The number of ether oxygens (including phenoxy) is 1. The van der Waals surface area contributed by atoms with Crippen LogP contribution in [0.4, 0.5) is 0 Å². The van der Waals surface area contributed by atoms with E-state index < -0.39 is 0 Å². The lowest BCUT2D eigenvalue weighted by Crippen LogP contribution is -2.41. The average molecular weight is 352 g/mol. The number of nitrogens with one attached hydrogen (secondary N) is 1. The van der Waals surface area contributed by atoms with Crippen LogP contribution in [0.1, 0.15) is 64.2 Å². The molecule has 1 aromatic rings. The lowest BCUT2D eigenvalue weighted by Gasteiger charge is -2.33. The number of aryl methyl sites for hydroxylation is 1. The maximum absolute atomic E-state index is 12.2. The number of aromatic nitrogens is 2. The molecule has 0 aliphatic carbocycles. The van der Waals surface area contributed by atoms with E-state index in [4.69, 9.17) is 9.26 Å². The topological polar surface area (TPSA) is 80.5 Å². The summed E-state index contributed by atoms with van der Waals surface area (Å²) >= 11 is 0. The van der Waals surface area contributed by atoms with Crippen LogP contribution in [0, 0.1) is 5.92 Å². The first-order valence-corrected chi connectivity index (χ1v) is 9.57. The fourth-order valence-electron chi connectivity index (χ4n) is 3.14. The van der Waals surface area contributed by atoms with Crippen molar-refractivity contribution in [2.24, 2.45) is 5.92 Å². The summed E-state index contributed by atoms with van der Waals surface area (Å²) in [6.45, 7) is 10.1. The molecule has 1 N–H and O–H groups in total. The quantitative estimate of drug-likeness (QED) is 0.651. The first-order chi connectivity index (χ1) is 12.2. The Kier molecular flexibility index (Phi) is 8.34. The summed E-state index contributed by atoms with van der Waals surface area (Å²) in [6, 6.07) is 0.105. The van der Waals surface area contributed by atoms with E-state index in [9.17, 15) is 4.79 Å². The number of carbonyl (C=O) groups excluding carboxylic acids is 1. The minimum absolute atomic E-state index is 0.105. The Morgan fingerprint density at radius 1 is 1.40 bits per heavy atom. The molecule has 142 valence electrons. The molecule has 7 nitrogen and oxygen atoms in total. The molecule has 1 fully saturated rings. The smallest absolute Gasteiger partial charge is 0.243 e. The molecule has 2 heterocycles. The molecule has 0 aromatic carbocycles. The zero-order chi connectivity index (χ0) is 18.1. The van der Waals surface area contributed by atoms with E-state index in [1.807, 2.05) is 6.92 Å². The van der Waals surface area contributed by atoms with E-state index in [-0.39, 0.29) is 17.9 Å². The highest BCUT2D eigenvalue weighted by atomic mass is 16.5. The van der Waals surface area contributed by atoms with Crippen LogP contribution in [-0.4, -0.2) is 53.8 Å². The van der Waals surface area contributed by atoms with Gasteiger partial charge >= 0.3 is 0 Å². The molecule has 0 saturated carbocycles. The molecule has 25 heavy (non-hydrogen) atoms. The summed E-state index contributed by atoms with van der Waals surface area (Å²) in [4.78, 5) is 19.0. The van der Waals surface area contributed by atoms with Gasteiger partial charge in [-0.2, -0.15) is 4.98 Å². The summed E-state index contributed by atoms with van der Waals surface area (Å²) < 4.78 is 10.7. The molecule has 2 rings (SSSR count). The molecule has 1 saturated heterocycles. The fourth-order valence-corrected chi connectivity index (χ4v) is 3.14. The number of likely N-dealkylation sites (tertiary alicyclic amines) is 1. The Morgan fingerprint density at radius 3 is 2.84 bits per heavy atom. The third-order valence-corrected chi connectivity index (χ3v) is 4.73. The van der Waals surface area contributed by atoms with Gasteiger partial charge in [-0.25, -0.2) is 0 Å². The van der Waals surface area contributed by atoms with E-state index in [0.29, 0.717) is 19.0 Å². The predicted molar refractivity (Wildman–Crippen MR) is 95.1 cm³/mol. The highest BCUT2D eigenvalue weighted by molar-refractivity contribution is 5.78. The Labute approximate surface area is 150 Å². The molecule has 0 bridgehead atoms. The summed E-state index contributed by atoms with van der Waals surface area (Å²) in [5.41, 5.74) is 0. The van der Waals surface area contributed by atoms with Crippen molar-refractivity contribution < 1.29 is 14.1 Å². The minimum atomic E-state index is 0.105. The van der Waals surface area contributed by atoms with E-state index in [0.717, 1.165) is 57.6 Å². The molecular formula is C18H32N4O3. The van der Waals surface area contributed by atoms with Gasteiger partial charge < -0.3 is 14.6 Å². The second kappa shape index (κ2) is 10.5. The number of amides is 1. The zero-order valence-electron chi connectivity index (χ0n) is 15.8. The molecule has 1 unspecified atom stereocenters. The molecular weight excluding hydrogens is 320 g/mol. The van der Waals surface area contributed by atoms with E-state index in [1.54, 1.807) is 0 Å². The van der Waals surface area contributed by atoms with Crippen LogP contribution in [0.3, 0.4) is 0 Å². The van der Waals surface area contributed by atoms with Gasteiger partial charge in [0.25, 0.3) is 0 Å². The van der Waals surface area contributed by atoms with Crippen molar-refractivity contribution in [3.05, 3.63) is 11.7 Å². The van der Waals surface area contributed by atoms with Crippen LogP contribution < -0.4 is 5.32 Å². The van der Waals surface area contributed by atoms with Crippen molar-refractivity contribution in [3.8, 4) is 0 Å². The lowest BCUT2D eigenvalue weighted by molar-refractivity contribution is -0.126. The second-order valence-electron chi connectivity index (χ2n) is 6.63. The van der Waals surface area contributed by atoms with Gasteiger partial charge in [0.15, 0.2) is 5.82 Å². The largest absolute Gasteiger partial charge is 0.382 e. The van der Waals surface area contributed by atoms with E-state index >= 15 is 0 Å². The summed E-state index contributed by atoms with van der Waals surface area (Å²) in [6.07, 6.45) is 4.47. The van der Waals surface area contributed by atoms with E-state index in [2.05, 4.69) is 34.2 Å². The molecule has 1 aliphatic heterocycles. The first-order valence-electron chi connectivity index (χ1n) is 9.57. The van der Waals surface area contributed by atoms with Crippen LogP contribution in [0.15, 0.2) is 4.52 Å². The van der Waals surface area contributed by atoms with Crippen LogP contribution in [-0.2, 0) is 16.0 Å². The number of piperidine rings is 1. The van der Waals surface area contributed by atoms with Gasteiger partial charge in [-0.1, -0.05) is 12.1 Å². The second-order valence-corrected chi connectivity index (χ2v) is 6.63. The maximum atomic E-state index is 12.2. The Hall–Kier alpha value is -1.47. The SMILES string of the molecule is CCCc1noc(C(C)N2CCC(C(=O)NCCCOCC)CC2)n1. The summed E-state index contributed by atoms with van der Waals surface area (Å²) in [7, 11) is 0. The number of rotatable bonds is 10. The first kappa shape index (κ1) is 19.8. The predicted octanol–water partition coefficient (Wildman–Crippen LogP) is 2.34. The highest BCUT2D eigenvalue weighted by Crippen LogP contribution is 2.26. The van der Waals surface area contributed by atoms with Crippen molar-refractivity contribution in [1.29, 1.82) is 0 Å². The van der Waals surface area contributed by atoms with Crippen LogP contribution in [0.25, 0.3) is 0 Å². The third-order valence-electron chi connectivity index (χ3n) is 4.73. The monoisotopic (exact) mass is 352 g/mol. The number of carbonyl (C=O) groups is 1. The van der Waals surface area contributed by atoms with Gasteiger partial charge in [0.1, 0.15) is 0 Å². The minimum Gasteiger partial charge on any atom is -0.382 e. The number of hydrogen-bond donors (Lipinski definition) is 1. The van der Waals surface area contributed by atoms with Crippen LogP contribution in [0.5, 0.6) is 0 Å². The van der Waals surface area contributed by atoms with Crippen molar-refractivity contribution >= 4 is 5.91 Å². The maximum Gasteiger partial charge on any atom is 0.243 e. The Bertz CT molecular complexity index is 512. The van der Waals surface area contributed by atoms with Crippen molar-refractivity contribution in [2.75, 3.05) is 32.8 Å². The van der Waals surface area contributed by atoms with Crippen molar-refractivity contribution in [3.63, 3.8) is 0 Å². The average Bonchev–Trinajstić information content (AvgIpc) is 3.10. The van der Waals surface area contributed by atoms with Gasteiger partial charge in [0.2, 0.25) is 11.8 Å². The lowest BCUT2D eigenvalue weighted by atomic mass is 9.95. The summed E-state index contributed by atoms with van der Waals surface area (Å²) in [5, 5.41) is 7.06. The Morgan fingerprint density at radius 2 is 2.16 bits per heavy atom. The zero-order valence-corrected chi connectivity index (χ0v) is 15.8. The third kappa shape index (κ3) is 6.08. The van der Waals surface area contributed by atoms with Gasteiger partial charge in [-0.15, -0.1) is 0 Å². The van der Waals surface area contributed by atoms with Crippen molar-refractivity contribution in [1.82, 2.24) is 20.4 Å². The molecule has 7 heteroatoms. The van der Waals surface area contributed by atoms with Crippen LogP contribution >= 0.6 is 0 Å². The Balaban J connectivity index is 1.71. The molecule has 0 spiro atoms. The molecule has 1 aliphatic rings. The van der Waals surface area contributed by atoms with Gasteiger partial charge in [-0.3, -0.25) is 9.69 Å². The molecule has 1 aromatic heterocycles. The molecule has 1 amide bonds. The number of nitrogens with zero attached hydrogens (tertiary/aromatic N) is 3.